The van der Waals surface area contributed by atoms with Gasteiger partial charge < -0.3 is 9.80 Å². The monoisotopic (exact) mass is 606 g/mol. The summed E-state index contributed by atoms with van der Waals surface area (Å²) in [5.74, 6) is 2.19. The molecule has 2 aromatic heterocycles. The minimum Gasteiger partial charge on any atom is -0.303 e. The number of fused-ring (bicyclic) bond motifs is 2. The number of piperidine rings is 1. The highest BCUT2D eigenvalue weighted by molar-refractivity contribution is 5.26. The van der Waals surface area contributed by atoms with E-state index in [1.165, 1.54) is 117 Å². The van der Waals surface area contributed by atoms with Crippen LogP contribution in [0.1, 0.15) is 103 Å². The topological polar surface area (TPSA) is 42.1 Å². The van der Waals surface area contributed by atoms with Crippen molar-refractivity contribution in [3.63, 3.8) is 0 Å². The quantitative estimate of drug-likeness (QED) is 0.198. The van der Waals surface area contributed by atoms with Gasteiger partial charge in [-0.15, -0.1) is 0 Å². The summed E-state index contributed by atoms with van der Waals surface area (Å²) in [6.07, 6.45) is 17.1. The SMILES string of the molecule is CN(CCC1CCCc2c1cnn2C)Cc1ccccc1.Cn1ncc2c1CCCC2CCN1CCC(c2ccccc2)CC1. The third kappa shape index (κ3) is 8.14. The van der Waals surface area contributed by atoms with Crippen LogP contribution >= 0.6 is 0 Å². The molecule has 6 nitrogen and oxygen atoms in total. The van der Waals surface area contributed by atoms with Crippen molar-refractivity contribution in [3.05, 3.63) is 107 Å². The Kier molecular flexibility index (Phi) is 10.8. The van der Waals surface area contributed by atoms with E-state index in [-0.39, 0.29) is 0 Å². The predicted molar refractivity (Wildman–Crippen MR) is 185 cm³/mol. The molecule has 2 atom stereocenters. The van der Waals surface area contributed by atoms with Gasteiger partial charge in [-0.1, -0.05) is 60.7 Å². The van der Waals surface area contributed by atoms with Gasteiger partial charge in [0.25, 0.3) is 0 Å². The second kappa shape index (κ2) is 15.4. The van der Waals surface area contributed by atoms with Crippen molar-refractivity contribution in [1.29, 1.82) is 0 Å². The van der Waals surface area contributed by atoms with Crippen molar-refractivity contribution in [2.24, 2.45) is 14.1 Å². The van der Waals surface area contributed by atoms with E-state index in [1.807, 2.05) is 0 Å². The maximum Gasteiger partial charge on any atom is 0.0527 e. The van der Waals surface area contributed by atoms with Crippen molar-refractivity contribution in [2.45, 2.75) is 88.5 Å². The molecule has 3 heterocycles. The van der Waals surface area contributed by atoms with Crippen LogP contribution in [-0.2, 0) is 33.5 Å². The van der Waals surface area contributed by atoms with E-state index in [0.717, 1.165) is 24.9 Å². The minimum absolute atomic E-state index is 0.695. The van der Waals surface area contributed by atoms with E-state index >= 15 is 0 Å². The Morgan fingerprint density at radius 2 is 1.27 bits per heavy atom. The van der Waals surface area contributed by atoms with Crippen molar-refractivity contribution >= 4 is 0 Å². The van der Waals surface area contributed by atoms with Gasteiger partial charge in [-0.05, 0) is 137 Å². The largest absolute Gasteiger partial charge is 0.303 e. The molecule has 0 N–H and O–H groups in total. The molecule has 0 amide bonds. The van der Waals surface area contributed by atoms with E-state index in [4.69, 9.17) is 0 Å². The molecule has 0 saturated carbocycles. The Labute approximate surface area is 271 Å². The second-order valence-corrected chi connectivity index (χ2v) is 13.8. The van der Waals surface area contributed by atoms with Crippen LogP contribution in [-0.4, -0.2) is 62.6 Å². The summed E-state index contributed by atoms with van der Waals surface area (Å²) in [7, 11) is 6.39. The number of hydrogen-bond donors (Lipinski definition) is 0. The highest BCUT2D eigenvalue weighted by atomic mass is 15.3. The molecule has 2 aliphatic carbocycles. The van der Waals surface area contributed by atoms with Gasteiger partial charge in [-0.25, -0.2) is 0 Å². The molecule has 1 saturated heterocycles. The summed E-state index contributed by atoms with van der Waals surface area (Å²) in [4.78, 5) is 5.12. The Hall–Kier alpha value is -3.22. The fraction of sp³-hybridized carbons (Fsp3) is 0.538. The molecule has 1 fully saturated rings. The summed E-state index contributed by atoms with van der Waals surface area (Å²) in [6.45, 7) is 5.94. The number of nitrogens with zero attached hydrogens (tertiary/aromatic N) is 6. The number of aryl methyl sites for hydroxylation is 2. The maximum absolute atomic E-state index is 4.49. The van der Waals surface area contributed by atoms with Crippen LogP contribution in [0, 0.1) is 0 Å². The lowest BCUT2D eigenvalue weighted by Crippen LogP contribution is -2.34. The van der Waals surface area contributed by atoms with Crippen LogP contribution < -0.4 is 0 Å². The zero-order chi connectivity index (χ0) is 31.0. The normalized spacial score (nSPS) is 20.4. The first kappa shape index (κ1) is 31.7. The molecular formula is C39H54N6. The van der Waals surface area contributed by atoms with E-state index in [2.05, 4.69) is 124 Å². The van der Waals surface area contributed by atoms with Gasteiger partial charge in [0.2, 0.25) is 0 Å². The molecular weight excluding hydrogens is 552 g/mol. The number of likely N-dealkylation sites (tertiary alicyclic amines) is 1. The minimum atomic E-state index is 0.695. The molecule has 6 heteroatoms. The van der Waals surface area contributed by atoms with Crippen LogP contribution in [0.15, 0.2) is 73.1 Å². The molecule has 7 rings (SSSR count). The van der Waals surface area contributed by atoms with Gasteiger partial charge in [-0.2, -0.15) is 10.2 Å². The van der Waals surface area contributed by atoms with Crippen LogP contribution in [0.2, 0.25) is 0 Å². The van der Waals surface area contributed by atoms with Crippen LogP contribution in [0.3, 0.4) is 0 Å². The Balaban J connectivity index is 0.000000160. The first-order valence-electron chi connectivity index (χ1n) is 17.6. The first-order chi connectivity index (χ1) is 22.0. The van der Waals surface area contributed by atoms with Gasteiger partial charge in [0.1, 0.15) is 0 Å². The zero-order valence-corrected chi connectivity index (χ0v) is 28.0. The molecule has 240 valence electrons. The summed E-state index contributed by atoms with van der Waals surface area (Å²) in [6, 6.07) is 21.8. The molecule has 2 unspecified atom stereocenters. The van der Waals surface area contributed by atoms with Crippen molar-refractivity contribution < 1.29 is 0 Å². The summed E-state index contributed by atoms with van der Waals surface area (Å²) >= 11 is 0. The second-order valence-electron chi connectivity index (χ2n) is 13.8. The number of rotatable bonds is 9. The zero-order valence-electron chi connectivity index (χ0n) is 28.0. The van der Waals surface area contributed by atoms with Gasteiger partial charge >= 0.3 is 0 Å². The summed E-state index contributed by atoms with van der Waals surface area (Å²) in [5, 5.41) is 8.94. The van der Waals surface area contributed by atoms with Gasteiger partial charge in [0, 0.05) is 32.0 Å². The average molecular weight is 607 g/mol. The molecule has 45 heavy (non-hydrogen) atoms. The summed E-state index contributed by atoms with van der Waals surface area (Å²) in [5.41, 5.74) is 8.89. The van der Waals surface area contributed by atoms with Gasteiger partial charge in [-0.3, -0.25) is 9.36 Å². The standard InChI is InChI=1S/C21H29N3.C18H25N3/c1-23-21-9-5-8-19(20(21)16-22-23)12-15-24-13-10-18(11-14-24)17-6-3-2-4-7-17;1-20(14-15-7-4-3-5-8-15)12-11-16-9-6-10-18-17(16)13-19-21(18)2/h2-4,6-7,16,18-19H,5,8-15H2,1H3;3-5,7-8,13,16H,6,9-12,14H2,1-2H3. The number of aromatic nitrogens is 4. The van der Waals surface area contributed by atoms with E-state index in [0.29, 0.717) is 5.92 Å². The van der Waals surface area contributed by atoms with E-state index < -0.39 is 0 Å². The van der Waals surface area contributed by atoms with Crippen molar-refractivity contribution in [1.82, 2.24) is 29.4 Å². The lowest BCUT2D eigenvalue weighted by atomic mass is 9.84. The Bertz CT molecular complexity index is 1450. The third-order valence-electron chi connectivity index (χ3n) is 10.8. The van der Waals surface area contributed by atoms with Crippen molar-refractivity contribution in [2.75, 3.05) is 33.2 Å². The Morgan fingerprint density at radius 3 is 1.87 bits per heavy atom. The number of benzene rings is 2. The highest BCUT2D eigenvalue weighted by Gasteiger charge is 2.26. The first-order valence-corrected chi connectivity index (χ1v) is 17.6. The lowest BCUT2D eigenvalue weighted by Gasteiger charge is -2.33. The van der Waals surface area contributed by atoms with Crippen LogP contribution in [0.5, 0.6) is 0 Å². The highest BCUT2D eigenvalue weighted by Crippen LogP contribution is 2.35. The predicted octanol–water partition coefficient (Wildman–Crippen LogP) is 7.47. The lowest BCUT2D eigenvalue weighted by molar-refractivity contribution is 0.203. The Morgan fingerprint density at radius 1 is 0.711 bits per heavy atom. The van der Waals surface area contributed by atoms with Crippen LogP contribution in [0.25, 0.3) is 0 Å². The maximum atomic E-state index is 4.49. The van der Waals surface area contributed by atoms with E-state index in [9.17, 15) is 0 Å². The van der Waals surface area contributed by atoms with Gasteiger partial charge in [0.05, 0.1) is 12.4 Å². The molecule has 0 radical (unpaired) electrons. The molecule has 3 aliphatic rings. The van der Waals surface area contributed by atoms with Crippen molar-refractivity contribution in [3.8, 4) is 0 Å². The fourth-order valence-electron chi connectivity index (χ4n) is 8.10. The molecule has 0 spiro atoms. The number of hydrogen-bond acceptors (Lipinski definition) is 4. The molecule has 2 aromatic carbocycles. The molecule has 1 aliphatic heterocycles. The summed E-state index contributed by atoms with van der Waals surface area (Å²) < 4.78 is 4.15. The fourth-order valence-corrected chi connectivity index (χ4v) is 8.10. The average Bonchev–Trinajstić information content (AvgIpc) is 3.67. The third-order valence-corrected chi connectivity index (χ3v) is 10.8. The van der Waals surface area contributed by atoms with Crippen LogP contribution in [0.4, 0.5) is 0 Å². The smallest absolute Gasteiger partial charge is 0.0527 e. The molecule has 0 bridgehead atoms. The molecule has 4 aromatic rings. The van der Waals surface area contributed by atoms with E-state index in [1.54, 1.807) is 0 Å². The van der Waals surface area contributed by atoms with Gasteiger partial charge in [0.15, 0.2) is 0 Å².